The zero-order valence-electron chi connectivity index (χ0n) is 10.6. The van der Waals surface area contributed by atoms with Gasteiger partial charge in [0.05, 0.1) is 5.69 Å². The van der Waals surface area contributed by atoms with Gasteiger partial charge in [-0.2, -0.15) is 0 Å². The third kappa shape index (κ3) is 5.13. The van der Waals surface area contributed by atoms with Gasteiger partial charge in [0.15, 0.2) is 0 Å². The second kappa shape index (κ2) is 7.22. The summed E-state index contributed by atoms with van der Waals surface area (Å²) in [6.07, 6.45) is 0. The van der Waals surface area contributed by atoms with Gasteiger partial charge in [-0.25, -0.2) is 4.79 Å². The Bertz CT molecular complexity index is 366. The number of anilines is 1. The van der Waals surface area contributed by atoms with Crippen LogP contribution in [-0.4, -0.2) is 18.3 Å². The first-order valence-corrected chi connectivity index (χ1v) is 6.88. The Morgan fingerprint density at radius 2 is 2.06 bits per heavy atom. The van der Waals surface area contributed by atoms with E-state index in [1.165, 1.54) is 0 Å². The Labute approximate surface area is 107 Å². The molecule has 0 aliphatic carbocycles. The van der Waals surface area contributed by atoms with Crippen LogP contribution in [0, 0.1) is 5.92 Å². The zero-order valence-corrected chi connectivity index (χ0v) is 11.4. The molecule has 4 heteroatoms. The fourth-order valence-corrected chi connectivity index (χ4v) is 2.07. The topological polar surface area (TPSA) is 41.1 Å². The molecule has 2 amide bonds. The quantitative estimate of drug-likeness (QED) is 0.786. The number of nitrogens with one attached hydrogen (secondary N) is 2. The second-order valence-corrected chi connectivity index (χ2v) is 5.46. The number of hydrogen-bond donors (Lipinski definition) is 2. The van der Waals surface area contributed by atoms with E-state index in [-0.39, 0.29) is 6.03 Å². The van der Waals surface area contributed by atoms with Gasteiger partial charge in [-0.15, -0.1) is 11.8 Å². The van der Waals surface area contributed by atoms with Crippen LogP contribution in [0.2, 0.25) is 0 Å². The lowest BCUT2D eigenvalue weighted by Crippen LogP contribution is -2.31. The summed E-state index contributed by atoms with van der Waals surface area (Å²) in [5, 5.41) is 5.72. The largest absolute Gasteiger partial charge is 0.338 e. The summed E-state index contributed by atoms with van der Waals surface area (Å²) >= 11 is 1.73. The molecule has 0 saturated heterocycles. The highest BCUT2D eigenvalue weighted by Gasteiger charge is 2.06. The van der Waals surface area contributed by atoms with Gasteiger partial charge < -0.3 is 10.6 Å². The first-order valence-electron chi connectivity index (χ1n) is 5.90. The van der Waals surface area contributed by atoms with Crippen LogP contribution < -0.4 is 10.6 Å². The Hall–Kier alpha value is -1.16. The number of para-hydroxylation sites is 1. The van der Waals surface area contributed by atoms with Crippen LogP contribution in [-0.2, 0) is 0 Å². The molecule has 17 heavy (non-hydrogen) atoms. The van der Waals surface area contributed by atoms with Crippen LogP contribution in [0.15, 0.2) is 29.2 Å². The summed E-state index contributed by atoms with van der Waals surface area (Å²) in [6.45, 7) is 6.93. The number of urea groups is 1. The molecule has 0 atom stereocenters. The highest BCUT2D eigenvalue weighted by Crippen LogP contribution is 2.26. The number of benzene rings is 1. The first kappa shape index (κ1) is 13.9. The van der Waals surface area contributed by atoms with Crippen LogP contribution in [0.3, 0.4) is 0 Å². The molecule has 0 saturated carbocycles. The molecule has 0 aromatic heterocycles. The lowest BCUT2D eigenvalue weighted by atomic mass is 10.2. The van der Waals surface area contributed by atoms with Crippen LogP contribution in [0.1, 0.15) is 20.8 Å². The molecule has 0 unspecified atom stereocenters. The molecule has 1 rings (SSSR count). The molecule has 0 fully saturated rings. The van der Waals surface area contributed by atoms with Crippen molar-refractivity contribution in [1.82, 2.24) is 5.32 Å². The van der Waals surface area contributed by atoms with Crippen molar-refractivity contribution in [2.45, 2.75) is 25.7 Å². The molecule has 2 N–H and O–H groups in total. The van der Waals surface area contributed by atoms with Crippen LogP contribution in [0.4, 0.5) is 10.5 Å². The Balaban J connectivity index is 2.58. The number of amides is 2. The van der Waals surface area contributed by atoms with Gasteiger partial charge in [0, 0.05) is 11.4 Å². The minimum absolute atomic E-state index is 0.136. The maximum Gasteiger partial charge on any atom is 0.319 e. The van der Waals surface area contributed by atoms with E-state index in [1.807, 2.05) is 24.3 Å². The van der Waals surface area contributed by atoms with E-state index in [9.17, 15) is 4.79 Å². The van der Waals surface area contributed by atoms with E-state index in [2.05, 4.69) is 31.4 Å². The van der Waals surface area contributed by atoms with Crippen molar-refractivity contribution in [3.05, 3.63) is 24.3 Å². The van der Waals surface area contributed by atoms with Gasteiger partial charge in [-0.1, -0.05) is 32.9 Å². The van der Waals surface area contributed by atoms with Gasteiger partial charge in [0.1, 0.15) is 0 Å². The number of thioether (sulfide) groups is 1. The number of carbonyl (C=O) groups excluding carboxylic acids is 1. The summed E-state index contributed by atoms with van der Waals surface area (Å²) in [7, 11) is 0. The van der Waals surface area contributed by atoms with E-state index in [0.717, 1.165) is 16.3 Å². The Kier molecular flexibility index (Phi) is 5.91. The minimum Gasteiger partial charge on any atom is -0.338 e. The maximum atomic E-state index is 11.6. The Morgan fingerprint density at radius 1 is 1.35 bits per heavy atom. The normalized spacial score (nSPS) is 10.4. The molecule has 0 aliphatic rings. The number of hydrogen-bond acceptors (Lipinski definition) is 2. The summed E-state index contributed by atoms with van der Waals surface area (Å²) in [4.78, 5) is 12.7. The fourth-order valence-electron chi connectivity index (χ4n) is 1.31. The predicted octanol–water partition coefficient (Wildman–Crippen LogP) is 3.58. The van der Waals surface area contributed by atoms with Crippen molar-refractivity contribution in [1.29, 1.82) is 0 Å². The molecule has 0 heterocycles. The summed E-state index contributed by atoms with van der Waals surface area (Å²) in [6, 6.07) is 7.72. The van der Waals surface area contributed by atoms with Gasteiger partial charge in [-0.3, -0.25) is 0 Å². The lowest BCUT2D eigenvalue weighted by Gasteiger charge is -2.12. The molecular weight excluding hydrogens is 232 g/mol. The van der Waals surface area contributed by atoms with E-state index in [1.54, 1.807) is 11.8 Å². The van der Waals surface area contributed by atoms with Gasteiger partial charge in [0.2, 0.25) is 0 Å². The molecule has 1 aromatic carbocycles. The highest BCUT2D eigenvalue weighted by atomic mass is 32.2. The molecule has 0 bridgehead atoms. The fraction of sp³-hybridized carbons (Fsp3) is 0.462. The average molecular weight is 252 g/mol. The van der Waals surface area contributed by atoms with Gasteiger partial charge in [0.25, 0.3) is 0 Å². The lowest BCUT2D eigenvalue weighted by molar-refractivity contribution is 0.251. The van der Waals surface area contributed by atoms with Crippen molar-refractivity contribution in [2.24, 2.45) is 5.92 Å². The Morgan fingerprint density at radius 3 is 2.71 bits per heavy atom. The van der Waals surface area contributed by atoms with Crippen LogP contribution in [0.5, 0.6) is 0 Å². The zero-order chi connectivity index (χ0) is 12.7. The van der Waals surface area contributed by atoms with Crippen molar-refractivity contribution in [2.75, 3.05) is 17.6 Å². The van der Waals surface area contributed by atoms with Crippen LogP contribution in [0.25, 0.3) is 0 Å². The molecular formula is C13H20N2OS. The summed E-state index contributed by atoms with van der Waals surface area (Å²) < 4.78 is 0. The highest BCUT2D eigenvalue weighted by molar-refractivity contribution is 7.99. The third-order valence-corrected chi connectivity index (χ3v) is 3.06. The van der Waals surface area contributed by atoms with Gasteiger partial charge in [-0.05, 0) is 23.8 Å². The molecule has 0 radical (unpaired) electrons. The number of carbonyl (C=O) groups is 1. The molecule has 94 valence electrons. The molecule has 0 aliphatic heterocycles. The van der Waals surface area contributed by atoms with E-state index in [4.69, 9.17) is 0 Å². The maximum absolute atomic E-state index is 11.6. The molecule has 1 aromatic rings. The number of rotatable bonds is 5. The average Bonchev–Trinajstić information content (AvgIpc) is 2.29. The SMILES string of the molecule is CCSc1ccccc1NC(=O)NCC(C)C. The van der Waals surface area contributed by atoms with E-state index in [0.29, 0.717) is 12.5 Å². The second-order valence-electron chi connectivity index (χ2n) is 4.16. The van der Waals surface area contributed by atoms with Crippen molar-refractivity contribution >= 4 is 23.5 Å². The van der Waals surface area contributed by atoms with Crippen molar-refractivity contribution < 1.29 is 4.79 Å². The van der Waals surface area contributed by atoms with E-state index < -0.39 is 0 Å². The molecule has 3 nitrogen and oxygen atoms in total. The van der Waals surface area contributed by atoms with Crippen LogP contribution >= 0.6 is 11.8 Å². The van der Waals surface area contributed by atoms with Crippen molar-refractivity contribution in [3.8, 4) is 0 Å². The van der Waals surface area contributed by atoms with Gasteiger partial charge >= 0.3 is 6.03 Å². The standard InChI is InChI=1S/C13H20N2OS/c1-4-17-12-8-6-5-7-11(12)15-13(16)14-9-10(2)3/h5-8,10H,4,9H2,1-3H3,(H2,14,15,16). The summed E-state index contributed by atoms with van der Waals surface area (Å²) in [5.41, 5.74) is 0.876. The smallest absolute Gasteiger partial charge is 0.319 e. The predicted molar refractivity (Wildman–Crippen MR) is 74.7 cm³/mol. The summed E-state index contributed by atoms with van der Waals surface area (Å²) in [5.74, 6) is 1.45. The minimum atomic E-state index is -0.136. The molecule has 0 spiro atoms. The van der Waals surface area contributed by atoms with E-state index >= 15 is 0 Å². The van der Waals surface area contributed by atoms with Crippen molar-refractivity contribution in [3.63, 3.8) is 0 Å². The monoisotopic (exact) mass is 252 g/mol. The first-order chi connectivity index (χ1) is 8.13. The third-order valence-electron chi connectivity index (χ3n) is 2.11.